The molecule has 0 amide bonds. The Hall–Kier alpha value is 0.0419. The van der Waals surface area contributed by atoms with Crippen molar-refractivity contribution in [1.29, 1.82) is 0 Å². The quantitative estimate of drug-likeness (QED) is 0.497. The van der Waals surface area contributed by atoms with Gasteiger partial charge in [-0.05, 0) is 0 Å². The summed E-state index contributed by atoms with van der Waals surface area (Å²) in [6.07, 6.45) is 0. The maximum atomic E-state index is 2.00. The Morgan fingerprint density at radius 2 is 1.00 bits per heavy atom. The van der Waals surface area contributed by atoms with Gasteiger partial charge < -0.3 is 30.3 Å². The molecule has 0 saturated heterocycles. The van der Waals surface area contributed by atoms with Crippen LogP contribution in [0.15, 0.2) is 60.7 Å². The Labute approximate surface area is 107 Å². The minimum atomic E-state index is 0. The SMILES string of the molecule is Cl.[AlH3].[Fe].[cH-]1[cH-][cH-][cH-][cH-]1.c1cc[cH-]c1. The third kappa shape index (κ3) is 12.0. The molecule has 2 aromatic rings. The first-order valence-corrected chi connectivity index (χ1v) is 3.33. The molecule has 0 saturated carbocycles. The third-order valence-electron chi connectivity index (χ3n) is 1.11. The summed E-state index contributed by atoms with van der Waals surface area (Å²) in [6, 6.07) is 20.0. The van der Waals surface area contributed by atoms with Crippen LogP contribution >= 0.6 is 12.4 Å². The molecule has 0 aromatic heterocycles. The van der Waals surface area contributed by atoms with E-state index in [0.29, 0.717) is 0 Å². The van der Waals surface area contributed by atoms with E-state index in [9.17, 15) is 0 Å². The van der Waals surface area contributed by atoms with Gasteiger partial charge in [0.15, 0.2) is 17.4 Å². The van der Waals surface area contributed by atoms with E-state index in [-0.39, 0.29) is 46.8 Å². The summed E-state index contributed by atoms with van der Waals surface area (Å²) in [7, 11) is 0. The van der Waals surface area contributed by atoms with Crippen LogP contribution in [0.5, 0.6) is 0 Å². The van der Waals surface area contributed by atoms with Crippen molar-refractivity contribution in [3.63, 3.8) is 0 Å². The monoisotopic (exact) mass is 252 g/mol. The predicted octanol–water partition coefficient (Wildman–Crippen LogP) is 2.05. The number of rotatable bonds is 0. The minimum Gasteiger partial charge on any atom is -0.748 e. The van der Waals surface area contributed by atoms with E-state index < -0.39 is 0 Å². The van der Waals surface area contributed by atoms with Crippen molar-refractivity contribution in [3.05, 3.63) is 60.7 Å². The average molecular weight is 253 g/mol. The summed E-state index contributed by atoms with van der Waals surface area (Å²) in [4.78, 5) is 0. The van der Waals surface area contributed by atoms with Crippen molar-refractivity contribution < 1.29 is 17.1 Å². The largest absolute Gasteiger partial charge is 0.748 e. The summed E-state index contributed by atoms with van der Waals surface area (Å²) in [5, 5.41) is 0. The maximum absolute atomic E-state index is 2.00. The first-order valence-electron chi connectivity index (χ1n) is 3.33. The van der Waals surface area contributed by atoms with E-state index >= 15 is 0 Å². The molecular formula is C10H14AlClFe-6. The number of hydrogen-bond acceptors (Lipinski definition) is 0. The Bertz CT molecular complexity index is 154. The molecule has 0 spiro atoms. The minimum absolute atomic E-state index is 0. The molecule has 0 aliphatic rings. The summed E-state index contributed by atoms with van der Waals surface area (Å²) in [5.41, 5.74) is 0. The summed E-state index contributed by atoms with van der Waals surface area (Å²) in [5.74, 6) is 0. The van der Waals surface area contributed by atoms with Crippen molar-refractivity contribution in [1.82, 2.24) is 0 Å². The van der Waals surface area contributed by atoms with Gasteiger partial charge in [0.1, 0.15) is 0 Å². The van der Waals surface area contributed by atoms with Crippen LogP contribution in [0.1, 0.15) is 0 Å². The summed E-state index contributed by atoms with van der Waals surface area (Å²) in [6.45, 7) is 0. The van der Waals surface area contributed by atoms with Crippen molar-refractivity contribution in [2.45, 2.75) is 0 Å². The van der Waals surface area contributed by atoms with Gasteiger partial charge >= 0.3 is 0 Å². The van der Waals surface area contributed by atoms with Crippen LogP contribution in [-0.2, 0) is 17.1 Å². The second kappa shape index (κ2) is 14.6. The second-order valence-electron chi connectivity index (χ2n) is 1.92. The van der Waals surface area contributed by atoms with Crippen molar-refractivity contribution in [3.8, 4) is 0 Å². The number of halogens is 1. The van der Waals surface area contributed by atoms with Crippen molar-refractivity contribution >= 4 is 29.8 Å². The predicted molar refractivity (Wildman–Crippen MR) is 61.3 cm³/mol. The van der Waals surface area contributed by atoms with Crippen molar-refractivity contribution in [2.24, 2.45) is 0 Å². The Morgan fingerprint density at radius 3 is 1.15 bits per heavy atom. The second-order valence-corrected chi connectivity index (χ2v) is 1.92. The van der Waals surface area contributed by atoms with Gasteiger partial charge in [-0.15, -0.1) is 12.4 Å². The zero-order valence-electron chi connectivity index (χ0n) is 6.54. The molecule has 0 heterocycles. The summed E-state index contributed by atoms with van der Waals surface area (Å²) < 4.78 is 0. The number of hydrogen-bond donors (Lipinski definition) is 0. The summed E-state index contributed by atoms with van der Waals surface area (Å²) >= 11 is 0. The molecule has 0 aliphatic carbocycles. The zero-order chi connectivity index (χ0) is 7.07. The molecule has 0 atom stereocenters. The van der Waals surface area contributed by atoms with Gasteiger partial charge in [0, 0.05) is 17.1 Å². The normalized spacial score (nSPS) is 6.15. The van der Waals surface area contributed by atoms with Gasteiger partial charge in [-0.25, -0.2) is 12.1 Å². The van der Waals surface area contributed by atoms with E-state index in [0.717, 1.165) is 0 Å². The first-order chi connectivity index (χ1) is 5.00. The smallest absolute Gasteiger partial charge is 0.187 e. The molecule has 0 fully saturated rings. The standard InChI is InChI=1S/2C5H5.Al.ClH.Fe.3H/c2*1-2-4-5-3-1;;;;;;/h2*1-5H;;1H;;;;/q-5;-1;;;;;;. The fourth-order valence-corrected chi connectivity index (χ4v) is 0.642. The van der Waals surface area contributed by atoms with E-state index in [4.69, 9.17) is 0 Å². The third-order valence-corrected chi connectivity index (χ3v) is 1.11. The van der Waals surface area contributed by atoms with Crippen molar-refractivity contribution in [2.75, 3.05) is 0 Å². The molecule has 0 bridgehead atoms. The molecule has 78 valence electrons. The van der Waals surface area contributed by atoms with E-state index in [1.807, 2.05) is 60.7 Å². The van der Waals surface area contributed by atoms with Crippen LogP contribution in [0.2, 0.25) is 0 Å². The van der Waals surface area contributed by atoms with Crippen LogP contribution in [0.25, 0.3) is 0 Å². The van der Waals surface area contributed by atoms with Gasteiger partial charge in [0.2, 0.25) is 0 Å². The van der Waals surface area contributed by atoms with Gasteiger partial charge in [-0.1, -0.05) is 0 Å². The van der Waals surface area contributed by atoms with Gasteiger partial charge in [-0.2, -0.15) is 18.2 Å². The van der Waals surface area contributed by atoms with Gasteiger partial charge in [0.05, 0.1) is 0 Å². The van der Waals surface area contributed by atoms with E-state index in [2.05, 4.69) is 0 Å². The molecular weight excluding hydrogens is 238 g/mol. The Balaban J connectivity index is -0.000000125. The van der Waals surface area contributed by atoms with Gasteiger partial charge in [0.25, 0.3) is 0 Å². The average Bonchev–Trinajstić information content (AvgIpc) is 2.67. The molecule has 2 aromatic carbocycles. The molecule has 0 aliphatic heterocycles. The van der Waals surface area contributed by atoms with Gasteiger partial charge in [-0.3, -0.25) is 0 Å². The molecule has 3 heteroatoms. The fraction of sp³-hybridized carbons (Fsp3) is 0. The molecule has 0 nitrogen and oxygen atoms in total. The Morgan fingerprint density at radius 1 is 0.692 bits per heavy atom. The van der Waals surface area contributed by atoms with Crippen LogP contribution in [0, 0.1) is 0 Å². The van der Waals surface area contributed by atoms with E-state index in [1.165, 1.54) is 0 Å². The Kier molecular flexibility index (Phi) is 21.0. The van der Waals surface area contributed by atoms with Crippen LogP contribution in [0.4, 0.5) is 0 Å². The first kappa shape index (κ1) is 18.8. The molecule has 13 heavy (non-hydrogen) atoms. The molecule has 0 N–H and O–H groups in total. The van der Waals surface area contributed by atoms with Crippen LogP contribution < -0.4 is 0 Å². The molecule has 2 rings (SSSR count). The molecule has 0 radical (unpaired) electrons. The topological polar surface area (TPSA) is 0 Å². The van der Waals surface area contributed by atoms with E-state index in [1.54, 1.807) is 0 Å². The zero-order valence-corrected chi connectivity index (χ0v) is 8.46. The molecule has 0 unspecified atom stereocenters. The fourth-order valence-electron chi connectivity index (χ4n) is 0.642. The van der Waals surface area contributed by atoms with Crippen LogP contribution in [-0.4, -0.2) is 17.4 Å². The van der Waals surface area contributed by atoms with Crippen LogP contribution in [0.3, 0.4) is 0 Å². The maximum Gasteiger partial charge on any atom is 0.187 e.